The lowest BCUT2D eigenvalue weighted by atomic mass is 9.92. The van der Waals surface area contributed by atoms with Gasteiger partial charge >= 0.3 is 0 Å². The van der Waals surface area contributed by atoms with Crippen LogP contribution < -0.4 is 5.32 Å². The van der Waals surface area contributed by atoms with E-state index in [0.29, 0.717) is 6.04 Å². The Morgan fingerprint density at radius 3 is 2.26 bits per heavy atom. The predicted octanol–water partition coefficient (Wildman–Crippen LogP) is 4.57. The Morgan fingerprint density at radius 1 is 1.05 bits per heavy atom. The molecule has 2 rings (SSSR count). The highest BCUT2D eigenvalue weighted by Crippen LogP contribution is 2.25. The summed E-state index contributed by atoms with van der Waals surface area (Å²) < 4.78 is 1.14. The highest BCUT2D eigenvalue weighted by molar-refractivity contribution is 9.10. The second kappa shape index (κ2) is 6.36. The quantitative estimate of drug-likeness (QED) is 0.871. The monoisotopic (exact) mass is 317 g/mol. The molecule has 0 radical (unpaired) electrons. The van der Waals surface area contributed by atoms with E-state index in [1.54, 1.807) is 0 Å². The van der Waals surface area contributed by atoms with Gasteiger partial charge < -0.3 is 5.32 Å². The number of aryl methyl sites for hydroxylation is 2. The molecule has 0 aliphatic carbocycles. The van der Waals surface area contributed by atoms with Gasteiger partial charge in [0.1, 0.15) is 0 Å². The largest absolute Gasteiger partial charge is 0.313 e. The summed E-state index contributed by atoms with van der Waals surface area (Å²) in [6.45, 7) is 4.38. The first kappa shape index (κ1) is 14.3. The van der Waals surface area contributed by atoms with Gasteiger partial charge in [-0.1, -0.05) is 46.3 Å². The number of likely N-dealkylation sites (N-methyl/N-ethyl adjacent to an activating group) is 1. The molecule has 0 aliphatic rings. The summed E-state index contributed by atoms with van der Waals surface area (Å²) in [6, 6.07) is 15.4. The van der Waals surface area contributed by atoms with Gasteiger partial charge in [0.05, 0.1) is 0 Å². The van der Waals surface area contributed by atoms with E-state index >= 15 is 0 Å². The molecule has 1 nitrogen and oxygen atoms in total. The molecule has 2 aromatic rings. The predicted molar refractivity (Wildman–Crippen MR) is 85.6 cm³/mol. The van der Waals surface area contributed by atoms with Crippen LogP contribution in [-0.4, -0.2) is 7.05 Å². The lowest BCUT2D eigenvalue weighted by Crippen LogP contribution is -2.20. The van der Waals surface area contributed by atoms with Gasteiger partial charge in [-0.25, -0.2) is 0 Å². The molecule has 1 unspecified atom stereocenters. The van der Waals surface area contributed by atoms with Crippen molar-refractivity contribution in [2.24, 2.45) is 0 Å². The molecule has 0 heterocycles. The first-order chi connectivity index (χ1) is 9.11. The molecule has 2 aromatic carbocycles. The average Bonchev–Trinajstić information content (AvgIpc) is 2.37. The van der Waals surface area contributed by atoms with Crippen molar-refractivity contribution in [2.45, 2.75) is 26.3 Å². The van der Waals surface area contributed by atoms with Gasteiger partial charge in [-0.15, -0.1) is 0 Å². The van der Waals surface area contributed by atoms with Crippen molar-refractivity contribution in [3.63, 3.8) is 0 Å². The van der Waals surface area contributed by atoms with Crippen molar-refractivity contribution in [3.8, 4) is 0 Å². The van der Waals surface area contributed by atoms with E-state index in [1.165, 1.54) is 22.3 Å². The SMILES string of the molecule is CNC(Cc1cccc(Br)c1)c1c(C)cccc1C. The summed E-state index contributed by atoms with van der Waals surface area (Å²) in [5.74, 6) is 0. The molecule has 1 atom stereocenters. The van der Waals surface area contributed by atoms with E-state index in [4.69, 9.17) is 0 Å². The minimum Gasteiger partial charge on any atom is -0.313 e. The topological polar surface area (TPSA) is 12.0 Å². The number of halogens is 1. The number of benzene rings is 2. The third-order valence-corrected chi connectivity index (χ3v) is 4.06. The molecule has 0 saturated heterocycles. The third-order valence-electron chi connectivity index (χ3n) is 3.57. The normalized spacial score (nSPS) is 12.4. The molecule has 0 saturated carbocycles. The Balaban J connectivity index is 2.30. The van der Waals surface area contributed by atoms with Crippen LogP contribution in [0.25, 0.3) is 0 Å². The van der Waals surface area contributed by atoms with E-state index < -0.39 is 0 Å². The van der Waals surface area contributed by atoms with Crippen LogP contribution in [-0.2, 0) is 6.42 Å². The molecule has 19 heavy (non-hydrogen) atoms. The average molecular weight is 318 g/mol. The lowest BCUT2D eigenvalue weighted by Gasteiger charge is -2.21. The summed E-state index contributed by atoms with van der Waals surface area (Å²) in [5.41, 5.74) is 5.48. The Kier molecular flexibility index (Phi) is 4.78. The highest BCUT2D eigenvalue weighted by atomic mass is 79.9. The fraction of sp³-hybridized carbons (Fsp3) is 0.294. The van der Waals surface area contributed by atoms with Gasteiger partial charge in [-0.2, -0.15) is 0 Å². The third kappa shape index (κ3) is 3.46. The van der Waals surface area contributed by atoms with Gasteiger partial charge in [0.2, 0.25) is 0 Å². The van der Waals surface area contributed by atoms with Crippen molar-refractivity contribution in [3.05, 3.63) is 69.2 Å². The lowest BCUT2D eigenvalue weighted by molar-refractivity contribution is 0.585. The summed E-state index contributed by atoms with van der Waals surface area (Å²) in [7, 11) is 2.04. The Morgan fingerprint density at radius 2 is 1.68 bits per heavy atom. The molecule has 0 fully saturated rings. The second-order valence-corrected chi connectivity index (χ2v) is 5.90. The van der Waals surface area contributed by atoms with Gasteiger partial charge in [0.15, 0.2) is 0 Å². The Labute approximate surface area is 124 Å². The molecule has 0 aliphatic heterocycles. The van der Waals surface area contributed by atoms with E-state index in [9.17, 15) is 0 Å². The summed E-state index contributed by atoms with van der Waals surface area (Å²) >= 11 is 3.54. The fourth-order valence-electron chi connectivity index (χ4n) is 2.63. The van der Waals surface area contributed by atoms with E-state index in [1.807, 2.05) is 7.05 Å². The van der Waals surface area contributed by atoms with Gasteiger partial charge in [0, 0.05) is 10.5 Å². The number of nitrogens with one attached hydrogen (secondary N) is 1. The van der Waals surface area contributed by atoms with E-state index in [-0.39, 0.29) is 0 Å². The van der Waals surface area contributed by atoms with E-state index in [2.05, 4.69) is 77.6 Å². The Bertz CT molecular complexity index is 543. The molecule has 1 N–H and O–H groups in total. The summed E-state index contributed by atoms with van der Waals surface area (Å²) in [5, 5.41) is 3.45. The van der Waals surface area contributed by atoms with Crippen molar-refractivity contribution in [1.82, 2.24) is 5.32 Å². The maximum absolute atomic E-state index is 3.54. The smallest absolute Gasteiger partial charge is 0.0363 e. The van der Waals surface area contributed by atoms with Crippen LogP contribution in [0.3, 0.4) is 0 Å². The first-order valence-corrected chi connectivity index (χ1v) is 7.39. The summed E-state index contributed by atoms with van der Waals surface area (Å²) in [6.07, 6.45) is 1.00. The number of hydrogen-bond donors (Lipinski definition) is 1. The van der Waals surface area contributed by atoms with Gasteiger partial charge in [0.25, 0.3) is 0 Å². The molecular weight excluding hydrogens is 298 g/mol. The van der Waals surface area contributed by atoms with Crippen molar-refractivity contribution in [2.75, 3.05) is 7.05 Å². The van der Waals surface area contributed by atoms with Crippen molar-refractivity contribution in [1.29, 1.82) is 0 Å². The van der Waals surface area contributed by atoms with Crippen LogP contribution in [0.15, 0.2) is 46.9 Å². The molecule has 100 valence electrons. The second-order valence-electron chi connectivity index (χ2n) is 4.98. The van der Waals surface area contributed by atoms with E-state index in [0.717, 1.165) is 10.9 Å². The minimum absolute atomic E-state index is 0.357. The maximum Gasteiger partial charge on any atom is 0.0363 e. The molecule has 0 bridgehead atoms. The summed E-state index contributed by atoms with van der Waals surface area (Å²) in [4.78, 5) is 0. The van der Waals surface area contributed by atoms with Gasteiger partial charge in [-0.3, -0.25) is 0 Å². The number of hydrogen-bond acceptors (Lipinski definition) is 1. The van der Waals surface area contributed by atoms with Crippen LogP contribution in [0.1, 0.15) is 28.3 Å². The molecule has 0 aromatic heterocycles. The molecular formula is C17H20BrN. The molecule has 0 spiro atoms. The fourth-order valence-corrected chi connectivity index (χ4v) is 3.07. The van der Waals surface area contributed by atoms with Crippen molar-refractivity contribution >= 4 is 15.9 Å². The van der Waals surface area contributed by atoms with Gasteiger partial charge in [-0.05, 0) is 61.7 Å². The number of rotatable bonds is 4. The van der Waals surface area contributed by atoms with Crippen LogP contribution in [0, 0.1) is 13.8 Å². The van der Waals surface area contributed by atoms with Crippen molar-refractivity contribution < 1.29 is 0 Å². The zero-order chi connectivity index (χ0) is 13.8. The minimum atomic E-state index is 0.357. The van der Waals surface area contributed by atoms with Crippen LogP contribution >= 0.6 is 15.9 Å². The molecule has 2 heteroatoms. The maximum atomic E-state index is 3.54. The van der Waals surface area contributed by atoms with Crippen LogP contribution in [0.2, 0.25) is 0 Å². The standard InChI is InChI=1S/C17H20BrN/c1-12-6-4-7-13(2)17(12)16(19-3)11-14-8-5-9-15(18)10-14/h4-10,16,19H,11H2,1-3H3. The first-order valence-electron chi connectivity index (χ1n) is 6.59. The van der Waals surface area contributed by atoms with Crippen LogP contribution in [0.4, 0.5) is 0 Å². The Hall–Kier alpha value is -1.12. The zero-order valence-corrected chi connectivity index (χ0v) is 13.3. The zero-order valence-electron chi connectivity index (χ0n) is 11.7. The molecule has 0 amide bonds. The van der Waals surface area contributed by atoms with Crippen LogP contribution in [0.5, 0.6) is 0 Å². The highest BCUT2D eigenvalue weighted by Gasteiger charge is 2.14.